The van der Waals surface area contributed by atoms with Crippen LogP contribution < -0.4 is 20.5 Å². The van der Waals surface area contributed by atoms with Crippen LogP contribution in [0.3, 0.4) is 0 Å². The summed E-state index contributed by atoms with van der Waals surface area (Å²) < 4.78 is 10.7. The average Bonchev–Trinajstić information content (AvgIpc) is 2.84. The molecule has 1 aromatic rings. The van der Waals surface area contributed by atoms with Crippen molar-refractivity contribution in [1.82, 2.24) is 0 Å². The fraction of sp³-hybridized carbons (Fsp3) is 0.571. The first kappa shape index (κ1) is 11.7. The molecule has 0 saturated heterocycles. The first-order valence-electron chi connectivity index (χ1n) is 6.70. The van der Waals surface area contributed by atoms with E-state index in [4.69, 9.17) is 15.2 Å². The van der Waals surface area contributed by atoms with Crippen LogP contribution in [-0.2, 0) is 0 Å². The molecule has 0 aromatic heterocycles. The Morgan fingerprint density at radius 1 is 1.22 bits per heavy atom. The van der Waals surface area contributed by atoms with Gasteiger partial charge in [-0.05, 0) is 37.3 Å². The van der Waals surface area contributed by atoms with E-state index >= 15 is 0 Å². The van der Waals surface area contributed by atoms with Gasteiger partial charge in [-0.2, -0.15) is 0 Å². The van der Waals surface area contributed by atoms with Crippen LogP contribution in [0.1, 0.15) is 25.7 Å². The molecule has 0 spiro atoms. The second-order valence-corrected chi connectivity index (χ2v) is 5.24. The maximum atomic E-state index is 6.00. The number of benzene rings is 1. The highest BCUT2D eigenvalue weighted by atomic mass is 16.7. The summed E-state index contributed by atoms with van der Waals surface area (Å²) in [5, 5.41) is 3.47. The molecule has 98 valence electrons. The number of hydrogen-bond acceptors (Lipinski definition) is 4. The highest BCUT2D eigenvalue weighted by molar-refractivity contribution is 5.55. The minimum absolute atomic E-state index is 0.330. The number of hydrogen-bond donors (Lipinski definition) is 2. The van der Waals surface area contributed by atoms with Crippen molar-refractivity contribution >= 4 is 5.69 Å². The molecule has 0 bridgehead atoms. The van der Waals surface area contributed by atoms with Crippen molar-refractivity contribution in [3.8, 4) is 11.5 Å². The van der Waals surface area contributed by atoms with Crippen LogP contribution in [0.2, 0.25) is 0 Å². The lowest BCUT2D eigenvalue weighted by atomic mass is 9.86. The quantitative estimate of drug-likeness (QED) is 0.862. The molecule has 2 aliphatic rings. The Labute approximate surface area is 107 Å². The van der Waals surface area contributed by atoms with Crippen LogP contribution in [0, 0.1) is 5.92 Å². The van der Waals surface area contributed by atoms with Gasteiger partial charge < -0.3 is 20.5 Å². The minimum atomic E-state index is 0.330. The smallest absolute Gasteiger partial charge is 0.231 e. The van der Waals surface area contributed by atoms with Crippen molar-refractivity contribution < 1.29 is 9.47 Å². The van der Waals surface area contributed by atoms with E-state index in [1.54, 1.807) is 0 Å². The normalized spacial score (nSPS) is 26.1. The molecular weight excluding hydrogens is 228 g/mol. The van der Waals surface area contributed by atoms with E-state index in [0.29, 0.717) is 18.8 Å². The van der Waals surface area contributed by atoms with Crippen LogP contribution in [0.4, 0.5) is 5.69 Å². The van der Waals surface area contributed by atoms with Gasteiger partial charge in [0.05, 0.1) is 0 Å². The van der Waals surface area contributed by atoms with Crippen LogP contribution in [-0.4, -0.2) is 19.4 Å². The van der Waals surface area contributed by atoms with E-state index in [0.717, 1.165) is 30.2 Å². The van der Waals surface area contributed by atoms with E-state index in [1.807, 2.05) is 18.2 Å². The highest BCUT2D eigenvalue weighted by Crippen LogP contribution is 2.34. The fourth-order valence-electron chi connectivity index (χ4n) is 2.79. The Morgan fingerprint density at radius 3 is 3.00 bits per heavy atom. The predicted molar refractivity (Wildman–Crippen MR) is 71.0 cm³/mol. The molecule has 1 aliphatic carbocycles. The summed E-state index contributed by atoms with van der Waals surface area (Å²) in [4.78, 5) is 0. The molecular formula is C14H20N2O2. The van der Waals surface area contributed by atoms with Crippen molar-refractivity contribution in [3.63, 3.8) is 0 Å². The first-order chi connectivity index (χ1) is 8.81. The van der Waals surface area contributed by atoms with Gasteiger partial charge in [-0.3, -0.25) is 0 Å². The topological polar surface area (TPSA) is 56.5 Å². The van der Waals surface area contributed by atoms with Gasteiger partial charge in [0, 0.05) is 24.3 Å². The zero-order valence-electron chi connectivity index (χ0n) is 10.5. The summed E-state index contributed by atoms with van der Waals surface area (Å²) >= 11 is 0. The van der Waals surface area contributed by atoms with Gasteiger partial charge in [0.2, 0.25) is 6.79 Å². The van der Waals surface area contributed by atoms with Gasteiger partial charge in [0.15, 0.2) is 11.5 Å². The van der Waals surface area contributed by atoms with E-state index in [-0.39, 0.29) is 0 Å². The van der Waals surface area contributed by atoms with Crippen molar-refractivity contribution in [3.05, 3.63) is 18.2 Å². The molecule has 4 heteroatoms. The molecule has 3 rings (SSSR count). The van der Waals surface area contributed by atoms with Gasteiger partial charge in [-0.25, -0.2) is 0 Å². The zero-order chi connectivity index (χ0) is 12.4. The molecule has 1 aliphatic heterocycles. The standard InChI is InChI=1S/C14H20N2O2/c15-11-3-1-2-10(6-11)8-16-12-4-5-13-14(7-12)18-9-17-13/h4-5,7,10-11,16H,1-3,6,8-9,15H2. The molecule has 1 saturated carbocycles. The van der Waals surface area contributed by atoms with Gasteiger partial charge in [-0.1, -0.05) is 6.42 Å². The van der Waals surface area contributed by atoms with Crippen molar-refractivity contribution in [2.24, 2.45) is 11.7 Å². The molecule has 2 atom stereocenters. The number of rotatable bonds is 3. The summed E-state index contributed by atoms with van der Waals surface area (Å²) in [5.41, 5.74) is 7.10. The summed E-state index contributed by atoms with van der Waals surface area (Å²) in [5.74, 6) is 2.36. The van der Waals surface area contributed by atoms with Crippen molar-refractivity contribution in [2.75, 3.05) is 18.7 Å². The maximum absolute atomic E-state index is 6.00. The lowest BCUT2D eigenvalue weighted by Crippen LogP contribution is -2.30. The highest BCUT2D eigenvalue weighted by Gasteiger charge is 2.19. The van der Waals surface area contributed by atoms with Gasteiger partial charge in [0.1, 0.15) is 0 Å². The first-order valence-corrected chi connectivity index (χ1v) is 6.70. The van der Waals surface area contributed by atoms with Gasteiger partial charge >= 0.3 is 0 Å². The van der Waals surface area contributed by atoms with E-state index in [2.05, 4.69) is 5.32 Å². The number of ether oxygens (including phenoxy) is 2. The SMILES string of the molecule is NC1CCCC(CNc2ccc3c(c2)OCO3)C1. The van der Waals surface area contributed by atoms with Gasteiger partial charge in [0.25, 0.3) is 0 Å². The Bertz CT molecular complexity index is 422. The maximum Gasteiger partial charge on any atom is 0.231 e. The molecule has 1 aromatic carbocycles. The molecule has 1 heterocycles. The third-order valence-corrected chi connectivity index (χ3v) is 3.79. The lowest BCUT2D eigenvalue weighted by molar-refractivity contribution is 0.174. The molecule has 0 amide bonds. The molecule has 3 N–H and O–H groups in total. The van der Waals surface area contributed by atoms with Crippen LogP contribution in [0.5, 0.6) is 11.5 Å². The molecule has 4 nitrogen and oxygen atoms in total. The van der Waals surface area contributed by atoms with Gasteiger partial charge in [-0.15, -0.1) is 0 Å². The van der Waals surface area contributed by atoms with E-state index < -0.39 is 0 Å². The summed E-state index contributed by atoms with van der Waals surface area (Å²) in [6, 6.07) is 6.39. The summed E-state index contributed by atoms with van der Waals surface area (Å²) in [7, 11) is 0. The lowest BCUT2D eigenvalue weighted by Gasteiger charge is -2.27. The largest absolute Gasteiger partial charge is 0.454 e. The molecule has 1 fully saturated rings. The van der Waals surface area contributed by atoms with Crippen molar-refractivity contribution in [2.45, 2.75) is 31.7 Å². The Morgan fingerprint density at radius 2 is 2.11 bits per heavy atom. The Kier molecular flexibility index (Phi) is 3.28. The van der Waals surface area contributed by atoms with Crippen LogP contribution >= 0.6 is 0 Å². The minimum Gasteiger partial charge on any atom is -0.454 e. The zero-order valence-corrected chi connectivity index (χ0v) is 10.5. The van der Waals surface area contributed by atoms with E-state index in [9.17, 15) is 0 Å². The molecule has 2 unspecified atom stereocenters. The molecule has 0 radical (unpaired) electrons. The van der Waals surface area contributed by atoms with Crippen LogP contribution in [0.15, 0.2) is 18.2 Å². The number of anilines is 1. The summed E-state index contributed by atoms with van der Waals surface area (Å²) in [6.45, 7) is 1.32. The van der Waals surface area contributed by atoms with Crippen molar-refractivity contribution in [1.29, 1.82) is 0 Å². The van der Waals surface area contributed by atoms with Crippen LogP contribution in [0.25, 0.3) is 0 Å². The Balaban J connectivity index is 1.56. The number of fused-ring (bicyclic) bond motifs is 1. The monoisotopic (exact) mass is 248 g/mol. The summed E-state index contributed by atoms with van der Waals surface area (Å²) in [6.07, 6.45) is 4.86. The second-order valence-electron chi connectivity index (χ2n) is 5.24. The molecule has 18 heavy (non-hydrogen) atoms. The predicted octanol–water partition coefficient (Wildman–Crippen LogP) is 2.34. The second kappa shape index (κ2) is 5.06. The van der Waals surface area contributed by atoms with E-state index in [1.165, 1.54) is 19.3 Å². The third-order valence-electron chi connectivity index (χ3n) is 3.79. The average molecular weight is 248 g/mol. The number of nitrogens with two attached hydrogens (primary N) is 1. The number of nitrogens with one attached hydrogen (secondary N) is 1. The fourth-order valence-corrected chi connectivity index (χ4v) is 2.79. The third kappa shape index (κ3) is 2.53. The Hall–Kier alpha value is -1.42.